The van der Waals surface area contributed by atoms with E-state index in [-0.39, 0.29) is 17.4 Å². The molecule has 1 heterocycles. The molecule has 0 unspecified atom stereocenters. The summed E-state index contributed by atoms with van der Waals surface area (Å²) in [7, 11) is 3.94. The highest BCUT2D eigenvalue weighted by Gasteiger charge is 2.12. The van der Waals surface area contributed by atoms with Crippen LogP contribution < -0.4 is 16.0 Å². The Kier molecular flexibility index (Phi) is 7.65. The third kappa shape index (κ3) is 6.81. The summed E-state index contributed by atoms with van der Waals surface area (Å²) in [5, 5.41) is 8.21. The zero-order chi connectivity index (χ0) is 20.5. The Morgan fingerprint density at radius 3 is 2.25 bits per heavy atom. The number of rotatable bonds is 8. The lowest BCUT2D eigenvalue weighted by atomic mass is 10.1. The number of hydrogen-bond donors (Lipinski definition) is 3. The quantitative estimate of drug-likeness (QED) is 0.605. The van der Waals surface area contributed by atoms with Gasteiger partial charge in [-0.3, -0.25) is 19.4 Å². The summed E-state index contributed by atoms with van der Waals surface area (Å²) in [5.74, 6) is -0.861. The van der Waals surface area contributed by atoms with E-state index >= 15 is 0 Å². The Morgan fingerprint density at radius 2 is 1.61 bits per heavy atom. The van der Waals surface area contributed by atoms with Gasteiger partial charge >= 0.3 is 0 Å². The largest absolute Gasteiger partial charge is 0.352 e. The first-order chi connectivity index (χ1) is 13.3. The van der Waals surface area contributed by atoms with Crippen LogP contribution >= 0.6 is 0 Å². The number of nitrogens with one attached hydrogen (secondary N) is 3. The number of pyridine rings is 1. The third-order valence-electron chi connectivity index (χ3n) is 3.77. The molecule has 3 amide bonds. The smallest absolute Gasteiger partial charge is 0.257 e. The van der Waals surface area contributed by atoms with Crippen molar-refractivity contribution in [3.63, 3.8) is 0 Å². The van der Waals surface area contributed by atoms with Crippen molar-refractivity contribution in [1.82, 2.24) is 15.2 Å². The Balaban J connectivity index is 2.00. The second-order valence-corrected chi connectivity index (χ2v) is 6.59. The van der Waals surface area contributed by atoms with E-state index in [1.165, 1.54) is 25.4 Å². The van der Waals surface area contributed by atoms with Crippen molar-refractivity contribution in [2.45, 2.75) is 13.3 Å². The molecule has 148 valence electrons. The van der Waals surface area contributed by atoms with E-state index < -0.39 is 5.91 Å². The molecule has 0 aliphatic carbocycles. The van der Waals surface area contributed by atoms with Crippen molar-refractivity contribution in [3.8, 4) is 0 Å². The molecular weight excluding hydrogens is 358 g/mol. The number of hydrogen-bond acceptors (Lipinski definition) is 5. The summed E-state index contributed by atoms with van der Waals surface area (Å²) in [6.07, 6.45) is 3.66. The molecular formula is C20H25N5O3. The summed E-state index contributed by atoms with van der Waals surface area (Å²) < 4.78 is 0. The minimum absolute atomic E-state index is 0.197. The fourth-order valence-corrected chi connectivity index (χ4v) is 2.47. The molecule has 0 saturated carbocycles. The average Bonchev–Trinajstić information content (AvgIpc) is 2.64. The fourth-order valence-electron chi connectivity index (χ4n) is 2.47. The first kappa shape index (κ1) is 21.0. The fraction of sp³-hybridized carbons (Fsp3) is 0.300. The van der Waals surface area contributed by atoms with Gasteiger partial charge in [0, 0.05) is 37.2 Å². The van der Waals surface area contributed by atoms with Crippen molar-refractivity contribution in [1.29, 1.82) is 0 Å². The lowest BCUT2D eigenvalue weighted by Gasteiger charge is -2.10. The number of amides is 3. The van der Waals surface area contributed by atoms with Crippen LogP contribution in [0.3, 0.4) is 0 Å². The van der Waals surface area contributed by atoms with Crippen molar-refractivity contribution in [2.75, 3.05) is 37.8 Å². The highest BCUT2D eigenvalue weighted by atomic mass is 16.2. The zero-order valence-electron chi connectivity index (χ0n) is 16.3. The van der Waals surface area contributed by atoms with Crippen LogP contribution in [0.1, 0.15) is 34.1 Å². The van der Waals surface area contributed by atoms with Crippen molar-refractivity contribution >= 4 is 29.1 Å². The van der Waals surface area contributed by atoms with Gasteiger partial charge in [-0.05, 0) is 51.3 Å². The maximum Gasteiger partial charge on any atom is 0.257 e. The van der Waals surface area contributed by atoms with Crippen LogP contribution in [0.2, 0.25) is 0 Å². The highest BCUT2D eigenvalue weighted by molar-refractivity contribution is 6.06. The molecule has 8 nitrogen and oxygen atoms in total. The molecule has 0 saturated heterocycles. The minimum atomic E-state index is -0.394. The van der Waals surface area contributed by atoms with Gasteiger partial charge in [-0.1, -0.05) is 6.07 Å². The maximum atomic E-state index is 12.5. The van der Waals surface area contributed by atoms with Gasteiger partial charge in [0.1, 0.15) is 0 Å². The number of carbonyl (C=O) groups is 3. The first-order valence-corrected chi connectivity index (χ1v) is 8.92. The lowest BCUT2D eigenvalue weighted by molar-refractivity contribution is -0.114. The number of aromatic nitrogens is 1. The van der Waals surface area contributed by atoms with E-state index in [0.29, 0.717) is 23.5 Å². The van der Waals surface area contributed by atoms with Crippen LogP contribution in [0.4, 0.5) is 11.4 Å². The Bertz CT molecular complexity index is 851. The minimum Gasteiger partial charge on any atom is -0.352 e. The van der Waals surface area contributed by atoms with Gasteiger partial charge in [0.05, 0.1) is 11.1 Å². The second-order valence-electron chi connectivity index (χ2n) is 6.59. The number of anilines is 2. The SMILES string of the molecule is CC(=O)Nc1cccc(NC(=O)c2cncc(C(=O)NCCCN(C)C)c2)c1. The maximum absolute atomic E-state index is 12.5. The number of benzene rings is 1. The summed E-state index contributed by atoms with van der Waals surface area (Å²) in [5.41, 5.74) is 1.69. The van der Waals surface area contributed by atoms with Crippen LogP contribution in [-0.2, 0) is 4.79 Å². The third-order valence-corrected chi connectivity index (χ3v) is 3.77. The Labute approximate surface area is 164 Å². The molecule has 1 aromatic carbocycles. The molecule has 28 heavy (non-hydrogen) atoms. The van der Waals surface area contributed by atoms with Crippen LogP contribution in [0.5, 0.6) is 0 Å². The van der Waals surface area contributed by atoms with Crippen LogP contribution in [0, 0.1) is 0 Å². The van der Waals surface area contributed by atoms with Gasteiger partial charge in [-0.25, -0.2) is 0 Å². The highest BCUT2D eigenvalue weighted by Crippen LogP contribution is 2.16. The summed E-state index contributed by atoms with van der Waals surface area (Å²) in [4.78, 5) is 41.9. The average molecular weight is 383 g/mol. The Morgan fingerprint density at radius 1 is 0.964 bits per heavy atom. The van der Waals surface area contributed by atoms with E-state index in [1.807, 2.05) is 19.0 Å². The molecule has 3 N–H and O–H groups in total. The molecule has 0 spiro atoms. The molecule has 2 rings (SSSR count). The Hall–Kier alpha value is -3.26. The van der Waals surface area contributed by atoms with Crippen molar-refractivity contribution < 1.29 is 14.4 Å². The molecule has 2 aromatic rings. The predicted molar refractivity (Wildman–Crippen MR) is 108 cm³/mol. The van der Waals surface area contributed by atoms with E-state index in [9.17, 15) is 14.4 Å². The lowest BCUT2D eigenvalue weighted by Crippen LogP contribution is -2.27. The van der Waals surface area contributed by atoms with E-state index in [2.05, 4.69) is 20.9 Å². The van der Waals surface area contributed by atoms with Gasteiger partial charge < -0.3 is 20.9 Å². The van der Waals surface area contributed by atoms with E-state index in [1.54, 1.807) is 24.3 Å². The molecule has 8 heteroatoms. The molecule has 0 fully saturated rings. The zero-order valence-corrected chi connectivity index (χ0v) is 16.3. The molecule has 0 aliphatic heterocycles. The molecule has 1 aromatic heterocycles. The normalized spacial score (nSPS) is 10.4. The number of carbonyl (C=O) groups excluding carboxylic acids is 3. The van der Waals surface area contributed by atoms with Gasteiger partial charge in [-0.2, -0.15) is 0 Å². The van der Waals surface area contributed by atoms with Gasteiger partial charge in [0.15, 0.2) is 0 Å². The summed E-state index contributed by atoms with van der Waals surface area (Å²) >= 11 is 0. The second kappa shape index (κ2) is 10.2. The number of nitrogens with zero attached hydrogens (tertiary/aromatic N) is 2. The van der Waals surface area contributed by atoms with Crippen molar-refractivity contribution in [3.05, 3.63) is 53.9 Å². The van der Waals surface area contributed by atoms with E-state index in [0.717, 1.165) is 13.0 Å². The van der Waals surface area contributed by atoms with Crippen LogP contribution in [-0.4, -0.2) is 54.8 Å². The van der Waals surface area contributed by atoms with Crippen molar-refractivity contribution in [2.24, 2.45) is 0 Å². The topological polar surface area (TPSA) is 103 Å². The van der Waals surface area contributed by atoms with Crippen LogP contribution in [0.25, 0.3) is 0 Å². The molecule has 0 bridgehead atoms. The molecule has 0 atom stereocenters. The molecule has 0 radical (unpaired) electrons. The monoisotopic (exact) mass is 383 g/mol. The van der Waals surface area contributed by atoms with Gasteiger partial charge in [-0.15, -0.1) is 0 Å². The standard InChI is InChI=1S/C20H25N5O3/c1-14(26)23-17-6-4-7-18(11-17)24-20(28)16-10-15(12-21-13-16)19(27)22-8-5-9-25(2)3/h4,6-7,10-13H,5,8-9H2,1-3H3,(H,22,27)(H,23,26)(H,24,28). The predicted octanol–water partition coefficient (Wildman–Crippen LogP) is 1.97. The summed E-state index contributed by atoms with van der Waals surface area (Å²) in [6, 6.07) is 8.30. The first-order valence-electron chi connectivity index (χ1n) is 8.92. The van der Waals surface area contributed by atoms with Gasteiger partial charge in [0.2, 0.25) is 5.91 Å². The van der Waals surface area contributed by atoms with Gasteiger partial charge in [0.25, 0.3) is 11.8 Å². The van der Waals surface area contributed by atoms with E-state index in [4.69, 9.17) is 0 Å². The van der Waals surface area contributed by atoms with Crippen LogP contribution in [0.15, 0.2) is 42.7 Å². The molecule has 0 aliphatic rings. The summed E-state index contributed by atoms with van der Waals surface area (Å²) in [6.45, 7) is 2.83.